The third-order valence-corrected chi connectivity index (χ3v) is 1.79. The van der Waals surface area contributed by atoms with E-state index in [0.29, 0.717) is 6.07 Å². The molecule has 1 atom stereocenters. The summed E-state index contributed by atoms with van der Waals surface area (Å²) in [5.74, 6) is -4.15. The Morgan fingerprint density at radius 1 is 1.29 bits per heavy atom. The van der Waals surface area contributed by atoms with E-state index in [4.69, 9.17) is 5.11 Å². The van der Waals surface area contributed by atoms with Crippen molar-refractivity contribution in [1.29, 1.82) is 0 Å². The van der Waals surface area contributed by atoms with Crippen LogP contribution < -0.4 is 4.74 Å². The summed E-state index contributed by atoms with van der Waals surface area (Å²) in [6, 6.07) is 0.594. The summed E-state index contributed by atoms with van der Waals surface area (Å²) in [6.07, 6.45) is -1.43. The molecule has 0 saturated heterocycles. The van der Waals surface area contributed by atoms with Gasteiger partial charge in [0.25, 0.3) is 0 Å². The van der Waals surface area contributed by atoms with E-state index in [9.17, 15) is 13.2 Å². The van der Waals surface area contributed by atoms with Crippen molar-refractivity contribution in [2.45, 2.75) is 13.0 Å². The van der Waals surface area contributed by atoms with Crippen molar-refractivity contribution >= 4 is 0 Å². The van der Waals surface area contributed by atoms with E-state index in [2.05, 4.69) is 4.74 Å². The summed E-state index contributed by atoms with van der Waals surface area (Å²) < 4.78 is 43.6. The van der Waals surface area contributed by atoms with Crippen molar-refractivity contribution in [3.63, 3.8) is 0 Å². The molecule has 1 aromatic carbocycles. The number of aliphatic hydroxyl groups excluding tert-OH is 1. The molecule has 0 aliphatic heterocycles. The lowest BCUT2D eigenvalue weighted by molar-refractivity contribution is 0.185. The lowest BCUT2D eigenvalue weighted by Crippen LogP contribution is -2.05. The molecule has 5 heteroatoms. The summed E-state index contributed by atoms with van der Waals surface area (Å²) in [7, 11) is 1.13. The van der Waals surface area contributed by atoms with E-state index in [0.717, 1.165) is 14.0 Å². The van der Waals surface area contributed by atoms with E-state index in [1.807, 2.05) is 0 Å². The first-order valence-corrected chi connectivity index (χ1v) is 3.88. The summed E-state index contributed by atoms with van der Waals surface area (Å²) in [5, 5.41) is 9.03. The fourth-order valence-electron chi connectivity index (χ4n) is 1.11. The normalized spacial score (nSPS) is 12.7. The first-order chi connectivity index (χ1) is 6.49. The molecule has 0 aromatic heterocycles. The molecule has 0 aliphatic rings. The average Bonchev–Trinajstić information content (AvgIpc) is 2.11. The molecule has 78 valence electrons. The van der Waals surface area contributed by atoms with Crippen LogP contribution in [0.2, 0.25) is 0 Å². The topological polar surface area (TPSA) is 29.5 Å². The summed E-state index contributed by atoms with van der Waals surface area (Å²) >= 11 is 0. The standard InChI is InChI=1S/C9H9F3O2/c1-4(13)7-8(11)5(10)3-6(14-2)9(7)12/h3-4,13H,1-2H3. The van der Waals surface area contributed by atoms with Crippen LogP contribution in [-0.2, 0) is 0 Å². The highest BCUT2D eigenvalue weighted by Gasteiger charge is 2.22. The number of rotatable bonds is 2. The second-order valence-electron chi connectivity index (χ2n) is 2.78. The first-order valence-electron chi connectivity index (χ1n) is 3.88. The quantitative estimate of drug-likeness (QED) is 0.751. The Labute approximate surface area is 78.9 Å². The van der Waals surface area contributed by atoms with Gasteiger partial charge in [-0.15, -0.1) is 0 Å². The minimum absolute atomic E-state index is 0.431. The van der Waals surface area contributed by atoms with Gasteiger partial charge in [0.15, 0.2) is 23.2 Å². The maximum absolute atomic E-state index is 13.3. The van der Waals surface area contributed by atoms with Gasteiger partial charge < -0.3 is 9.84 Å². The lowest BCUT2D eigenvalue weighted by Gasteiger charge is -2.11. The van der Waals surface area contributed by atoms with Crippen molar-refractivity contribution < 1.29 is 23.0 Å². The molecule has 2 nitrogen and oxygen atoms in total. The van der Waals surface area contributed by atoms with Crippen LogP contribution in [0.15, 0.2) is 6.07 Å². The van der Waals surface area contributed by atoms with Crippen molar-refractivity contribution in [2.24, 2.45) is 0 Å². The minimum atomic E-state index is -1.43. The van der Waals surface area contributed by atoms with E-state index in [1.54, 1.807) is 0 Å². The molecule has 0 heterocycles. The van der Waals surface area contributed by atoms with Gasteiger partial charge in [-0.1, -0.05) is 0 Å². The van der Waals surface area contributed by atoms with Gasteiger partial charge in [-0.05, 0) is 6.92 Å². The molecule has 0 fully saturated rings. The van der Waals surface area contributed by atoms with Crippen LogP contribution in [0.25, 0.3) is 0 Å². The highest BCUT2D eigenvalue weighted by Crippen LogP contribution is 2.29. The molecule has 1 aromatic rings. The number of benzene rings is 1. The predicted octanol–water partition coefficient (Wildman–Crippen LogP) is 2.17. The number of halogens is 3. The summed E-state index contributed by atoms with van der Waals surface area (Å²) in [6.45, 7) is 1.14. The number of ether oxygens (including phenoxy) is 1. The van der Waals surface area contributed by atoms with Crippen LogP contribution in [0.5, 0.6) is 5.75 Å². The lowest BCUT2D eigenvalue weighted by atomic mass is 10.1. The third kappa shape index (κ3) is 1.68. The largest absolute Gasteiger partial charge is 0.494 e. The fourth-order valence-corrected chi connectivity index (χ4v) is 1.11. The minimum Gasteiger partial charge on any atom is -0.494 e. The zero-order valence-electron chi connectivity index (χ0n) is 7.64. The Morgan fingerprint density at radius 2 is 1.86 bits per heavy atom. The monoisotopic (exact) mass is 206 g/mol. The summed E-state index contributed by atoms with van der Waals surface area (Å²) in [4.78, 5) is 0. The Morgan fingerprint density at radius 3 is 2.29 bits per heavy atom. The Kier molecular flexibility index (Phi) is 3.00. The van der Waals surface area contributed by atoms with Gasteiger partial charge in [-0.3, -0.25) is 0 Å². The van der Waals surface area contributed by atoms with Gasteiger partial charge in [0, 0.05) is 6.07 Å². The third-order valence-electron chi connectivity index (χ3n) is 1.79. The maximum Gasteiger partial charge on any atom is 0.173 e. The molecule has 0 spiro atoms. The number of hydrogen-bond donors (Lipinski definition) is 1. The second kappa shape index (κ2) is 3.88. The van der Waals surface area contributed by atoms with Gasteiger partial charge in [-0.2, -0.15) is 0 Å². The zero-order valence-corrected chi connectivity index (χ0v) is 7.64. The van der Waals surface area contributed by atoms with Crippen LogP contribution >= 0.6 is 0 Å². The Balaban J connectivity index is 3.45. The maximum atomic E-state index is 13.3. The molecule has 0 bridgehead atoms. The van der Waals surface area contributed by atoms with Crippen LogP contribution in [0.3, 0.4) is 0 Å². The molecule has 1 N–H and O–H groups in total. The smallest absolute Gasteiger partial charge is 0.173 e. The first kappa shape index (κ1) is 10.8. The number of methoxy groups -OCH3 is 1. The number of hydrogen-bond acceptors (Lipinski definition) is 2. The van der Waals surface area contributed by atoms with Gasteiger partial charge >= 0.3 is 0 Å². The highest BCUT2D eigenvalue weighted by molar-refractivity contribution is 5.34. The van der Waals surface area contributed by atoms with Gasteiger partial charge in [-0.25, -0.2) is 13.2 Å². The molecule has 0 amide bonds. The van der Waals surface area contributed by atoms with E-state index < -0.39 is 34.9 Å². The van der Waals surface area contributed by atoms with E-state index >= 15 is 0 Å². The Hall–Kier alpha value is -1.23. The van der Waals surface area contributed by atoms with Crippen molar-refractivity contribution in [3.8, 4) is 5.75 Å². The van der Waals surface area contributed by atoms with E-state index in [-0.39, 0.29) is 0 Å². The Bertz CT molecular complexity index is 350. The van der Waals surface area contributed by atoms with Crippen LogP contribution in [0.4, 0.5) is 13.2 Å². The molecular formula is C9H9F3O2. The average molecular weight is 206 g/mol. The van der Waals surface area contributed by atoms with E-state index in [1.165, 1.54) is 0 Å². The fraction of sp³-hybridized carbons (Fsp3) is 0.333. The molecule has 0 saturated carbocycles. The van der Waals surface area contributed by atoms with Gasteiger partial charge in [0.05, 0.1) is 18.8 Å². The highest BCUT2D eigenvalue weighted by atomic mass is 19.2. The van der Waals surface area contributed by atoms with Crippen LogP contribution in [0, 0.1) is 17.5 Å². The second-order valence-corrected chi connectivity index (χ2v) is 2.78. The molecule has 1 unspecified atom stereocenters. The molecule has 0 aliphatic carbocycles. The summed E-state index contributed by atoms with van der Waals surface area (Å²) in [5.41, 5.74) is -0.721. The van der Waals surface area contributed by atoms with Crippen LogP contribution in [0.1, 0.15) is 18.6 Å². The van der Waals surface area contributed by atoms with Crippen molar-refractivity contribution in [1.82, 2.24) is 0 Å². The van der Waals surface area contributed by atoms with Gasteiger partial charge in [0.1, 0.15) is 0 Å². The molecular weight excluding hydrogens is 197 g/mol. The van der Waals surface area contributed by atoms with Gasteiger partial charge in [0.2, 0.25) is 0 Å². The number of aliphatic hydroxyl groups is 1. The van der Waals surface area contributed by atoms with Crippen molar-refractivity contribution in [3.05, 3.63) is 29.1 Å². The van der Waals surface area contributed by atoms with Crippen LogP contribution in [-0.4, -0.2) is 12.2 Å². The molecule has 0 radical (unpaired) electrons. The van der Waals surface area contributed by atoms with Crippen molar-refractivity contribution in [2.75, 3.05) is 7.11 Å². The molecule has 14 heavy (non-hydrogen) atoms. The molecule has 1 rings (SSSR count). The SMILES string of the molecule is COc1cc(F)c(F)c(C(C)O)c1F. The zero-order chi connectivity index (χ0) is 10.9. The predicted molar refractivity (Wildman–Crippen MR) is 43.5 cm³/mol.